The predicted molar refractivity (Wildman–Crippen MR) is 100 cm³/mol. The minimum absolute atomic E-state index is 0.701. The van der Waals surface area contributed by atoms with Crippen LogP contribution < -0.4 is 10.1 Å². The molecule has 136 valence electrons. The Morgan fingerprint density at radius 2 is 2.00 bits per heavy atom. The molecule has 2 N–H and O–H groups in total. The lowest BCUT2D eigenvalue weighted by Crippen LogP contribution is -2.38. The number of aromatic amines is 1. The predicted octanol–water partition coefficient (Wildman–Crippen LogP) is 2.28. The standard InChI is InChI=1S/C19H23N5O2/c1-3-17(26-10-7-24-5-8-25-9-6-24)4-2-15(1)12-20-16-11-18-19(21-13-16)23-14-22-18/h1-4,11,13-14,20H,5-10,12H2,(H,21,22,23). The second kappa shape index (κ2) is 8.16. The number of nitrogens with one attached hydrogen (secondary N) is 2. The van der Waals surface area contributed by atoms with E-state index in [1.165, 1.54) is 5.56 Å². The third-order valence-electron chi connectivity index (χ3n) is 4.47. The molecule has 0 atom stereocenters. The zero-order valence-corrected chi connectivity index (χ0v) is 14.6. The number of anilines is 1. The van der Waals surface area contributed by atoms with Crippen molar-refractivity contribution in [2.75, 3.05) is 44.8 Å². The first kappa shape index (κ1) is 16.8. The number of pyridine rings is 1. The Hall–Kier alpha value is -2.64. The van der Waals surface area contributed by atoms with Gasteiger partial charge in [0.1, 0.15) is 17.9 Å². The number of fused-ring (bicyclic) bond motifs is 1. The maximum Gasteiger partial charge on any atom is 0.157 e. The Bertz CT molecular complexity index is 827. The average Bonchev–Trinajstić information content (AvgIpc) is 3.16. The monoisotopic (exact) mass is 353 g/mol. The molecule has 1 aromatic carbocycles. The number of nitrogens with zero attached hydrogens (tertiary/aromatic N) is 3. The van der Waals surface area contributed by atoms with Crippen molar-refractivity contribution in [2.45, 2.75) is 6.54 Å². The molecule has 3 aromatic rings. The summed E-state index contributed by atoms with van der Waals surface area (Å²) in [5.74, 6) is 0.904. The molecule has 0 radical (unpaired) electrons. The Morgan fingerprint density at radius 3 is 2.85 bits per heavy atom. The second-order valence-corrected chi connectivity index (χ2v) is 6.29. The summed E-state index contributed by atoms with van der Waals surface area (Å²) in [5, 5.41) is 3.37. The van der Waals surface area contributed by atoms with Crippen LogP contribution in [-0.2, 0) is 11.3 Å². The van der Waals surface area contributed by atoms with Gasteiger partial charge in [-0.1, -0.05) is 12.1 Å². The third-order valence-corrected chi connectivity index (χ3v) is 4.47. The van der Waals surface area contributed by atoms with Gasteiger partial charge in [-0.2, -0.15) is 0 Å². The highest BCUT2D eigenvalue weighted by Gasteiger charge is 2.09. The number of hydrogen-bond donors (Lipinski definition) is 2. The molecule has 0 amide bonds. The average molecular weight is 353 g/mol. The molecule has 0 spiro atoms. The number of H-pyrrole nitrogens is 1. The van der Waals surface area contributed by atoms with Gasteiger partial charge in [-0.15, -0.1) is 0 Å². The largest absolute Gasteiger partial charge is 0.492 e. The summed E-state index contributed by atoms with van der Waals surface area (Å²) >= 11 is 0. The molecule has 1 fully saturated rings. The minimum atomic E-state index is 0.701. The fraction of sp³-hybridized carbons (Fsp3) is 0.368. The third kappa shape index (κ3) is 4.30. The van der Waals surface area contributed by atoms with Gasteiger partial charge >= 0.3 is 0 Å². The molecule has 3 heterocycles. The smallest absolute Gasteiger partial charge is 0.157 e. The number of hydrogen-bond acceptors (Lipinski definition) is 6. The van der Waals surface area contributed by atoms with Crippen LogP contribution in [0.4, 0.5) is 5.69 Å². The fourth-order valence-corrected chi connectivity index (χ4v) is 2.95. The van der Waals surface area contributed by atoms with Crippen molar-refractivity contribution in [3.8, 4) is 5.75 Å². The SMILES string of the molecule is c1nc2cc(NCc3ccc(OCCN4CCOCC4)cc3)cnc2[nH]1. The fourth-order valence-electron chi connectivity index (χ4n) is 2.95. The van der Waals surface area contributed by atoms with Crippen molar-refractivity contribution in [3.63, 3.8) is 0 Å². The molecule has 7 heteroatoms. The molecule has 0 bridgehead atoms. The van der Waals surface area contributed by atoms with Gasteiger partial charge in [0.25, 0.3) is 0 Å². The van der Waals surface area contributed by atoms with Crippen LogP contribution in [0.2, 0.25) is 0 Å². The van der Waals surface area contributed by atoms with Crippen LogP contribution >= 0.6 is 0 Å². The topological polar surface area (TPSA) is 75.3 Å². The summed E-state index contributed by atoms with van der Waals surface area (Å²) < 4.78 is 11.2. The highest BCUT2D eigenvalue weighted by molar-refractivity contribution is 5.73. The second-order valence-electron chi connectivity index (χ2n) is 6.29. The van der Waals surface area contributed by atoms with E-state index in [1.807, 2.05) is 24.4 Å². The van der Waals surface area contributed by atoms with E-state index in [0.29, 0.717) is 6.61 Å². The molecule has 1 aliphatic rings. The summed E-state index contributed by atoms with van der Waals surface area (Å²) in [4.78, 5) is 13.9. The van der Waals surface area contributed by atoms with Crippen molar-refractivity contribution >= 4 is 16.9 Å². The van der Waals surface area contributed by atoms with E-state index in [1.54, 1.807) is 6.33 Å². The summed E-state index contributed by atoms with van der Waals surface area (Å²) in [6, 6.07) is 10.2. The lowest BCUT2D eigenvalue weighted by atomic mass is 10.2. The molecule has 4 rings (SSSR count). The molecule has 0 saturated carbocycles. The number of imidazole rings is 1. The normalized spacial score (nSPS) is 15.2. The van der Waals surface area contributed by atoms with Crippen molar-refractivity contribution in [2.24, 2.45) is 0 Å². The summed E-state index contributed by atoms with van der Waals surface area (Å²) in [6.07, 6.45) is 3.46. The first-order chi connectivity index (χ1) is 12.9. The number of ether oxygens (including phenoxy) is 2. The summed E-state index contributed by atoms with van der Waals surface area (Å²) in [5.41, 5.74) is 3.80. The van der Waals surface area contributed by atoms with Crippen LogP contribution in [0, 0.1) is 0 Å². The van der Waals surface area contributed by atoms with E-state index in [4.69, 9.17) is 9.47 Å². The zero-order valence-electron chi connectivity index (χ0n) is 14.6. The Kier molecular flexibility index (Phi) is 5.27. The number of aromatic nitrogens is 3. The molecule has 0 aliphatic carbocycles. The highest BCUT2D eigenvalue weighted by atomic mass is 16.5. The molecule has 7 nitrogen and oxygen atoms in total. The number of benzene rings is 1. The minimum Gasteiger partial charge on any atom is -0.492 e. The van der Waals surface area contributed by atoms with Crippen LogP contribution in [0.1, 0.15) is 5.56 Å². The van der Waals surface area contributed by atoms with E-state index in [-0.39, 0.29) is 0 Å². The van der Waals surface area contributed by atoms with E-state index >= 15 is 0 Å². The molecular formula is C19H23N5O2. The first-order valence-electron chi connectivity index (χ1n) is 8.92. The quantitative estimate of drug-likeness (QED) is 0.679. The van der Waals surface area contributed by atoms with E-state index in [9.17, 15) is 0 Å². The molecule has 26 heavy (non-hydrogen) atoms. The van der Waals surface area contributed by atoms with Gasteiger partial charge in [-0.25, -0.2) is 9.97 Å². The van der Waals surface area contributed by atoms with Crippen LogP contribution in [0.3, 0.4) is 0 Å². The van der Waals surface area contributed by atoms with Gasteiger partial charge in [0.2, 0.25) is 0 Å². The van der Waals surface area contributed by atoms with Gasteiger partial charge in [0.05, 0.1) is 31.4 Å². The van der Waals surface area contributed by atoms with Gasteiger partial charge in [0, 0.05) is 26.2 Å². The number of rotatable bonds is 7. The summed E-state index contributed by atoms with van der Waals surface area (Å²) in [6.45, 7) is 6.00. The highest BCUT2D eigenvalue weighted by Crippen LogP contribution is 2.16. The Balaban J connectivity index is 1.24. The van der Waals surface area contributed by atoms with E-state index in [0.717, 1.165) is 62.0 Å². The van der Waals surface area contributed by atoms with Gasteiger partial charge in [0.15, 0.2) is 5.65 Å². The van der Waals surface area contributed by atoms with E-state index in [2.05, 4.69) is 37.3 Å². The molecular weight excluding hydrogens is 330 g/mol. The summed E-state index contributed by atoms with van der Waals surface area (Å²) in [7, 11) is 0. The van der Waals surface area contributed by atoms with Crippen LogP contribution in [0.15, 0.2) is 42.9 Å². The van der Waals surface area contributed by atoms with Crippen LogP contribution in [0.25, 0.3) is 11.2 Å². The Morgan fingerprint density at radius 1 is 1.15 bits per heavy atom. The van der Waals surface area contributed by atoms with Crippen molar-refractivity contribution in [1.82, 2.24) is 19.9 Å². The van der Waals surface area contributed by atoms with Gasteiger partial charge in [-0.05, 0) is 23.8 Å². The van der Waals surface area contributed by atoms with Crippen LogP contribution in [-0.4, -0.2) is 59.3 Å². The van der Waals surface area contributed by atoms with Crippen LogP contribution in [0.5, 0.6) is 5.75 Å². The first-order valence-corrected chi connectivity index (χ1v) is 8.92. The zero-order chi connectivity index (χ0) is 17.6. The molecule has 1 saturated heterocycles. The maximum atomic E-state index is 5.84. The molecule has 1 aliphatic heterocycles. The van der Waals surface area contributed by atoms with E-state index < -0.39 is 0 Å². The lowest BCUT2D eigenvalue weighted by molar-refractivity contribution is 0.0322. The van der Waals surface area contributed by atoms with Gasteiger partial charge < -0.3 is 19.8 Å². The number of morpholine rings is 1. The van der Waals surface area contributed by atoms with Crippen molar-refractivity contribution < 1.29 is 9.47 Å². The maximum absolute atomic E-state index is 5.84. The van der Waals surface area contributed by atoms with Gasteiger partial charge in [-0.3, -0.25) is 4.90 Å². The molecule has 2 aromatic heterocycles. The molecule has 0 unspecified atom stereocenters. The van der Waals surface area contributed by atoms with Crippen molar-refractivity contribution in [3.05, 3.63) is 48.4 Å². The van der Waals surface area contributed by atoms with Crippen molar-refractivity contribution in [1.29, 1.82) is 0 Å². The Labute approximate surface area is 152 Å². The lowest BCUT2D eigenvalue weighted by Gasteiger charge is -2.26.